The maximum atomic E-state index is 12.7. The summed E-state index contributed by atoms with van der Waals surface area (Å²) in [7, 11) is 1.81. The number of hydrogen-bond acceptors (Lipinski definition) is 5. The van der Waals surface area contributed by atoms with Crippen LogP contribution in [-0.2, 0) is 18.4 Å². The van der Waals surface area contributed by atoms with E-state index in [1.165, 1.54) is 0 Å². The van der Waals surface area contributed by atoms with Crippen LogP contribution in [0.15, 0.2) is 4.52 Å². The summed E-state index contributed by atoms with van der Waals surface area (Å²) in [6.45, 7) is 3.75. The second-order valence-corrected chi connectivity index (χ2v) is 5.53. The van der Waals surface area contributed by atoms with E-state index in [1.807, 2.05) is 27.8 Å². The first-order valence-electron chi connectivity index (χ1n) is 7.19. The molecule has 6 nitrogen and oxygen atoms in total. The first kappa shape index (κ1) is 18.4. The van der Waals surface area contributed by atoms with E-state index in [0.717, 1.165) is 17.0 Å². The molecule has 0 amide bonds. The lowest BCUT2D eigenvalue weighted by Gasteiger charge is -2.14. The molecule has 1 atom stereocenters. The Bertz CT molecular complexity index is 699. The molecule has 0 N–H and O–H groups in total. The van der Waals surface area contributed by atoms with Crippen LogP contribution in [0.3, 0.4) is 0 Å². The van der Waals surface area contributed by atoms with E-state index in [9.17, 15) is 17.6 Å². The lowest BCUT2D eigenvalue weighted by molar-refractivity contribution is -0.168. The zero-order valence-corrected chi connectivity index (χ0v) is 13.7. The number of nitrogens with zero attached hydrogens (tertiary/aromatic N) is 4. The highest BCUT2D eigenvalue weighted by molar-refractivity contribution is 5.31. The Labute approximate surface area is 135 Å². The maximum Gasteiger partial charge on any atom is 0.330 e. The van der Waals surface area contributed by atoms with E-state index in [1.54, 1.807) is 4.68 Å². The van der Waals surface area contributed by atoms with Crippen molar-refractivity contribution < 1.29 is 26.8 Å². The molecule has 2 aromatic heterocycles. The summed E-state index contributed by atoms with van der Waals surface area (Å²) >= 11 is 0. The molecule has 0 aromatic carbocycles. The first-order chi connectivity index (χ1) is 11.1. The Hall–Kier alpha value is -1.97. The molecule has 2 heterocycles. The summed E-state index contributed by atoms with van der Waals surface area (Å²) in [6.07, 6.45) is -3.78. The summed E-state index contributed by atoms with van der Waals surface area (Å²) in [5, 5.41) is 7.93. The van der Waals surface area contributed by atoms with Crippen molar-refractivity contribution in [2.45, 2.75) is 45.6 Å². The molecule has 0 radical (unpaired) electrons. The molecule has 0 saturated heterocycles. The molecule has 0 bridgehead atoms. The second kappa shape index (κ2) is 6.88. The van der Waals surface area contributed by atoms with Crippen LogP contribution >= 0.6 is 0 Å². The van der Waals surface area contributed by atoms with Crippen LogP contribution in [0.4, 0.5) is 17.6 Å². The largest absolute Gasteiger partial charge is 0.367 e. The number of aromatic nitrogens is 4. The van der Waals surface area contributed by atoms with Gasteiger partial charge in [-0.2, -0.15) is 18.9 Å². The van der Waals surface area contributed by atoms with Crippen molar-refractivity contribution >= 4 is 0 Å². The topological polar surface area (TPSA) is 66.0 Å². The lowest BCUT2D eigenvalue weighted by atomic mass is 9.99. The predicted molar refractivity (Wildman–Crippen MR) is 75.1 cm³/mol. The van der Waals surface area contributed by atoms with Gasteiger partial charge in [-0.15, -0.1) is 0 Å². The van der Waals surface area contributed by atoms with Gasteiger partial charge in [0.1, 0.15) is 13.2 Å². The minimum atomic E-state index is -4.20. The van der Waals surface area contributed by atoms with Gasteiger partial charge in [-0.25, -0.2) is 8.78 Å². The Morgan fingerprint density at radius 2 is 1.96 bits per heavy atom. The Morgan fingerprint density at radius 3 is 2.50 bits per heavy atom. The van der Waals surface area contributed by atoms with E-state index in [2.05, 4.69) is 20.0 Å². The smallest absolute Gasteiger partial charge is 0.330 e. The summed E-state index contributed by atoms with van der Waals surface area (Å²) < 4.78 is 61.0. The molecule has 0 spiro atoms. The van der Waals surface area contributed by atoms with Gasteiger partial charge in [0.25, 0.3) is 0 Å². The van der Waals surface area contributed by atoms with Gasteiger partial charge in [-0.1, -0.05) is 5.16 Å². The summed E-state index contributed by atoms with van der Waals surface area (Å²) in [6, 6.07) is 0. The zero-order valence-electron chi connectivity index (χ0n) is 13.7. The van der Waals surface area contributed by atoms with Crippen molar-refractivity contribution in [3.05, 3.63) is 28.7 Å². The molecule has 24 heavy (non-hydrogen) atoms. The van der Waals surface area contributed by atoms with E-state index >= 15 is 0 Å². The van der Waals surface area contributed by atoms with E-state index in [0.29, 0.717) is 0 Å². The van der Waals surface area contributed by atoms with Gasteiger partial charge in [0.15, 0.2) is 5.82 Å². The summed E-state index contributed by atoms with van der Waals surface area (Å²) in [4.78, 5) is 4.07. The molecule has 0 aliphatic rings. The molecule has 0 aliphatic carbocycles. The van der Waals surface area contributed by atoms with Crippen LogP contribution in [-0.4, -0.2) is 38.9 Å². The van der Waals surface area contributed by atoms with Crippen LogP contribution in [0, 0.1) is 13.8 Å². The SMILES string of the molecule is Cc1nn(C)c(C)c1C(C)c1nc(COCC(F)(F)C(F)F)no1. The van der Waals surface area contributed by atoms with Gasteiger partial charge < -0.3 is 9.26 Å². The van der Waals surface area contributed by atoms with Gasteiger partial charge in [-0.3, -0.25) is 4.68 Å². The second-order valence-electron chi connectivity index (χ2n) is 5.53. The maximum absolute atomic E-state index is 12.7. The third kappa shape index (κ3) is 3.74. The molecule has 2 aromatic rings. The zero-order chi connectivity index (χ0) is 18.1. The van der Waals surface area contributed by atoms with Crippen molar-refractivity contribution in [1.82, 2.24) is 19.9 Å². The fraction of sp³-hybridized carbons (Fsp3) is 0.643. The van der Waals surface area contributed by atoms with Gasteiger partial charge >= 0.3 is 12.3 Å². The predicted octanol–water partition coefficient (Wildman–Crippen LogP) is 2.99. The number of ether oxygens (including phenoxy) is 1. The van der Waals surface area contributed by atoms with Gasteiger partial charge in [-0.05, 0) is 20.8 Å². The molecule has 0 aliphatic heterocycles. The molecule has 1 unspecified atom stereocenters. The van der Waals surface area contributed by atoms with Crippen LogP contribution < -0.4 is 0 Å². The van der Waals surface area contributed by atoms with Crippen molar-refractivity contribution in [3.8, 4) is 0 Å². The number of halogens is 4. The van der Waals surface area contributed by atoms with Gasteiger partial charge in [0, 0.05) is 18.3 Å². The standard InChI is InChI=1S/C14H18F4N4O2/c1-7(11-8(2)20-22(4)9(11)3)12-19-10(21-24-12)5-23-6-14(17,18)13(15)16/h7,13H,5-6H2,1-4H3. The van der Waals surface area contributed by atoms with E-state index in [-0.39, 0.29) is 17.6 Å². The third-order valence-corrected chi connectivity index (χ3v) is 3.70. The highest BCUT2D eigenvalue weighted by atomic mass is 19.3. The number of rotatable bonds is 7. The Kier molecular flexibility index (Phi) is 5.26. The van der Waals surface area contributed by atoms with Crippen LogP contribution in [0.2, 0.25) is 0 Å². The first-order valence-corrected chi connectivity index (χ1v) is 7.19. The summed E-state index contributed by atoms with van der Waals surface area (Å²) in [5.41, 5.74) is 2.68. The van der Waals surface area contributed by atoms with Crippen molar-refractivity contribution in [2.24, 2.45) is 7.05 Å². The fourth-order valence-corrected chi connectivity index (χ4v) is 2.38. The van der Waals surface area contributed by atoms with Crippen molar-refractivity contribution in [1.29, 1.82) is 0 Å². The Balaban J connectivity index is 2.03. The molecular weight excluding hydrogens is 332 g/mol. The van der Waals surface area contributed by atoms with Crippen LogP contribution in [0.5, 0.6) is 0 Å². The third-order valence-electron chi connectivity index (χ3n) is 3.70. The van der Waals surface area contributed by atoms with Crippen LogP contribution in [0.1, 0.15) is 41.5 Å². The number of hydrogen-bond donors (Lipinski definition) is 0. The molecule has 134 valence electrons. The summed E-state index contributed by atoms with van der Waals surface area (Å²) in [5.74, 6) is -4.17. The normalized spacial score (nSPS) is 13.7. The number of aryl methyl sites for hydroxylation is 2. The minimum absolute atomic E-state index is 0.0149. The highest BCUT2D eigenvalue weighted by Gasteiger charge is 2.41. The molecule has 0 fully saturated rings. The van der Waals surface area contributed by atoms with Gasteiger partial charge in [0.05, 0.1) is 11.6 Å². The van der Waals surface area contributed by atoms with Crippen molar-refractivity contribution in [3.63, 3.8) is 0 Å². The monoisotopic (exact) mass is 350 g/mol. The van der Waals surface area contributed by atoms with Gasteiger partial charge in [0.2, 0.25) is 5.89 Å². The molecule has 0 saturated carbocycles. The van der Waals surface area contributed by atoms with Crippen molar-refractivity contribution in [2.75, 3.05) is 6.61 Å². The Morgan fingerprint density at radius 1 is 1.29 bits per heavy atom. The number of alkyl halides is 4. The molecule has 10 heteroatoms. The average Bonchev–Trinajstić information content (AvgIpc) is 3.04. The quantitative estimate of drug-likeness (QED) is 0.718. The molecule has 2 rings (SSSR count). The average molecular weight is 350 g/mol. The lowest BCUT2D eigenvalue weighted by Crippen LogP contribution is -2.32. The fourth-order valence-electron chi connectivity index (χ4n) is 2.38. The minimum Gasteiger partial charge on any atom is -0.367 e. The van der Waals surface area contributed by atoms with Crippen LogP contribution in [0.25, 0.3) is 0 Å². The van der Waals surface area contributed by atoms with E-state index < -0.39 is 25.6 Å². The van der Waals surface area contributed by atoms with E-state index in [4.69, 9.17) is 4.52 Å². The highest BCUT2D eigenvalue weighted by Crippen LogP contribution is 2.28. The molecular formula is C14H18F4N4O2.